The molecule has 5 nitrogen and oxygen atoms in total. The normalized spacial score (nSPS) is 30.2. The lowest BCUT2D eigenvalue weighted by molar-refractivity contribution is -0.126. The average molecular weight is 391 g/mol. The van der Waals surface area contributed by atoms with Crippen LogP contribution in [0.2, 0.25) is 0 Å². The summed E-state index contributed by atoms with van der Waals surface area (Å²) in [4.78, 5) is 26.0. The SMILES string of the molecule is CC1=CC[C@H]2[C@H](C(=O)C3=C(O)C(=Cc4ccc(O)cc4)NC3=O)[C@@H](C)C=C[C@H]2C1. The molecule has 1 aromatic carbocycles. The first-order valence-corrected chi connectivity index (χ1v) is 9.99. The topological polar surface area (TPSA) is 86.6 Å². The fraction of sp³-hybridized carbons (Fsp3) is 0.333. The summed E-state index contributed by atoms with van der Waals surface area (Å²) in [7, 11) is 0. The van der Waals surface area contributed by atoms with Gasteiger partial charge in [0.1, 0.15) is 11.3 Å². The zero-order valence-electron chi connectivity index (χ0n) is 16.6. The summed E-state index contributed by atoms with van der Waals surface area (Å²) >= 11 is 0. The Labute approximate surface area is 170 Å². The van der Waals surface area contributed by atoms with Gasteiger partial charge in [-0.1, -0.05) is 42.9 Å². The molecule has 1 aliphatic heterocycles. The molecule has 4 rings (SSSR count). The first kappa shape index (κ1) is 19.2. The van der Waals surface area contributed by atoms with Crippen LogP contribution in [0.1, 0.15) is 32.3 Å². The van der Waals surface area contributed by atoms with Crippen LogP contribution in [-0.4, -0.2) is 21.9 Å². The maximum Gasteiger partial charge on any atom is 0.263 e. The molecule has 29 heavy (non-hydrogen) atoms. The van der Waals surface area contributed by atoms with Crippen molar-refractivity contribution in [3.05, 3.63) is 70.7 Å². The highest BCUT2D eigenvalue weighted by atomic mass is 16.3. The molecule has 0 aromatic heterocycles. The van der Waals surface area contributed by atoms with Crippen LogP contribution in [0.5, 0.6) is 5.75 Å². The Hall–Kier alpha value is -3.08. The Morgan fingerprint density at radius 3 is 2.62 bits per heavy atom. The highest BCUT2D eigenvalue weighted by Crippen LogP contribution is 2.44. The van der Waals surface area contributed by atoms with Crippen LogP contribution in [0.4, 0.5) is 0 Å². The first-order valence-electron chi connectivity index (χ1n) is 9.99. The number of amides is 1. The van der Waals surface area contributed by atoms with E-state index in [0.29, 0.717) is 11.5 Å². The number of hydrogen-bond acceptors (Lipinski definition) is 4. The molecule has 0 spiro atoms. The quantitative estimate of drug-likeness (QED) is 0.536. The number of phenolic OH excluding ortho intramolecular Hbond substituents is 1. The molecule has 3 aliphatic rings. The van der Waals surface area contributed by atoms with E-state index >= 15 is 0 Å². The van der Waals surface area contributed by atoms with Crippen LogP contribution >= 0.6 is 0 Å². The van der Waals surface area contributed by atoms with E-state index < -0.39 is 5.91 Å². The highest BCUT2D eigenvalue weighted by molar-refractivity contribution is 6.23. The lowest BCUT2D eigenvalue weighted by Crippen LogP contribution is -2.39. The summed E-state index contributed by atoms with van der Waals surface area (Å²) < 4.78 is 0. The number of allylic oxidation sites excluding steroid dienone is 4. The van der Waals surface area contributed by atoms with Gasteiger partial charge in [0.2, 0.25) is 0 Å². The molecular formula is C24H25NO4. The largest absolute Gasteiger partial charge is 0.508 e. The van der Waals surface area contributed by atoms with Crippen LogP contribution in [0.15, 0.2) is 65.1 Å². The maximum absolute atomic E-state index is 13.4. The molecule has 0 bridgehead atoms. The van der Waals surface area contributed by atoms with E-state index in [1.165, 1.54) is 17.7 Å². The fourth-order valence-electron chi connectivity index (χ4n) is 4.73. The number of aliphatic hydroxyl groups excluding tert-OH is 1. The van der Waals surface area contributed by atoms with E-state index in [9.17, 15) is 19.8 Å². The molecule has 0 unspecified atom stereocenters. The lowest BCUT2D eigenvalue weighted by Gasteiger charge is -2.39. The zero-order chi connectivity index (χ0) is 20.7. The summed E-state index contributed by atoms with van der Waals surface area (Å²) in [6, 6.07) is 6.36. The van der Waals surface area contributed by atoms with Crippen LogP contribution in [0.3, 0.4) is 0 Å². The van der Waals surface area contributed by atoms with Gasteiger partial charge >= 0.3 is 0 Å². The second kappa shape index (κ2) is 7.39. The Balaban J connectivity index is 1.66. The summed E-state index contributed by atoms with van der Waals surface area (Å²) in [5.74, 6) is -0.891. The summed E-state index contributed by atoms with van der Waals surface area (Å²) in [5, 5.41) is 22.7. The molecule has 2 aliphatic carbocycles. The van der Waals surface area contributed by atoms with Gasteiger partial charge < -0.3 is 15.5 Å². The molecule has 0 saturated carbocycles. The second-order valence-electron chi connectivity index (χ2n) is 8.28. The minimum absolute atomic E-state index is 0.00813. The molecule has 150 valence electrons. The van der Waals surface area contributed by atoms with E-state index in [0.717, 1.165) is 12.8 Å². The number of carbonyl (C=O) groups is 2. The molecule has 1 amide bonds. The highest BCUT2D eigenvalue weighted by Gasteiger charge is 2.44. The third kappa shape index (κ3) is 3.53. The van der Waals surface area contributed by atoms with Gasteiger partial charge in [-0.2, -0.15) is 0 Å². The van der Waals surface area contributed by atoms with Crippen molar-refractivity contribution in [2.24, 2.45) is 23.7 Å². The number of ketones is 1. The van der Waals surface area contributed by atoms with Crippen molar-refractivity contribution >= 4 is 17.8 Å². The van der Waals surface area contributed by atoms with Gasteiger partial charge in [0.05, 0.1) is 5.70 Å². The Bertz CT molecular complexity index is 981. The van der Waals surface area contributed by atoms with Crippen molar-refractivity contribution in [3.8, 4) is 5.75 Å². The Morgan fingerprint density at radius 2 is 1.90 bits per heavy atom. The van der Waals surface area contributed by atoms with Gasteiger partial charge in [-0.15, -0.1) is 0 Å². The van der Waals surface area contributed by atoms with Crippen molar-refractivity contribution < 1.29 is 19.8 Å². The van der Waals surface area contributed by atoms with Gasteiger partial charge in [0.15, 0.2) is 11.5 Å². The van der Waals surface area contributed by atoms with Crippen molar-refractivity contribution in [3.63, 3.8) is 0 Å². The number of phenols is 1. The number of benzene rings is 1. The van der Waals surface area contributed by atoms with E-state index in [1.807, 2.05) is 6.92 Å². The molecule has 0 saturated heterocycles. The zero-order valence-corrected chi connectivity index (χ0v) is 16.6. The number of rotatable bonds is 3. The number of aromatic hydroxyl groups is 1. The maximum atomic E-state index is 13.4. The molecular weight excluding hydrogens is 366 g/mol. The van der Waals surface area contributed by atoms with Gasteiger partial charge in [-0.05, 0) is 61.3 Å². The predicted molar refractivity (Wildman–Crippen MR) is 111 cm³/mol. The molecule has 4 atom stereocenters. The van der Waals surface area contributed by atoms with E-state index in [4.69, 9.17) is 0 Å². The van der Waals surface area contributed by atoms with Gasteiger partial charge in [0, 0.05) is 5.92 Å². The van der Waals surface area contributed by atoms with Crippen molar-refractivity contribution in [1.29, 1.82) is 0 Å². The summed E-state index contributed by atoms with van der Waals surface area (Å²) in [5.41, 5.74) is 2.09. The molecule has 0 fully saturated rings. The number of nitrogens with one attached hydrogen (secondary N) is 1. The Kier molecular flexibility index (Phi) is 4.91. The second-order valence-corrected chi connectivity index (χ2v) is 8.28. The summed E-state index contributed by atoms with van der Waals surface area (Å²) in [6.45, 7) is 4.11. The molecule has 5 heteroatoms. The van der Waals surface area contributed by atoms with Crippen molar-refractivity contribution in [2.45, 2.75) is 26.7 Å². The number of aliphatic hydroxyl groups is 1. The van der Waals surface area contributed by atoms with E-state index in [2.05, 4.69) is 30.5 Å². The minimum atomic E-state index is -0.557. The average Bonchev–Trinajstić information content (AvgIpc) is 2.96. The smallest absolute Gasteiger partial charge is 0.263 e. The number of fused-ring (bicyclic) bond motifs is 1. The molecule has 3 N–H and O–H groups in total. The lowest BCUT2D eigenvalue weighted by atomic mass is 9.63. The van der Waals surface area contributed by atoms with Crippen molar-refractivity contribution in [1.82, 2.24) is 5.32 Å². The Morgan fingerprint density at radius 1 is 1.17 bits per heavy atom. The standard InChI is InChI=1S/C24H25NO4/c1-13-3-10-18-16(11-13)7-4-14(2)20(18)23(28)21-22(27)19(25-24(21)29)12-15-5-8-17(26)9-6-15/h3-9,12,14,16,18,20,26-27H,10-11H2,1-2H3,(H,25,29)/t14-,16-,18+,20+/m0/s1. The number of carbonyl (C=O) groups excluding carboxylic acids is 2. The van der Waals surface area contributed by atoms with Gasteiger partial charge in [-0.3, -0.25) is 9.59 Å². The van der Waals surface area contributed by atoms with Gasteiger partial charge in [-0.25, -0.2) is 0 Å². The monoisotopic (exact) mass is 391 g/mol. The van der Waals surface area contributed by atoms with E-state index in [1.54, 1.807) is 18.2 Å². The minimum Gasteiger partial charge on any atom is -0.508 e. The summed E-state index contributed by atoms with van der Waals surface area (Å²) in [6.07, 6.45) is 9.79. The van der Waals surface area contributed by atoms with Crippen LogP contribution in [0.25, 0.3) is 6.08 Å². The molecule has 1 aromatic rings. The van der Waals surface area contributed by atoms with Gasteiger partial charge in [0.25, 0.3) is 5.91 Å². The fourth-order valence-corrected chi connectivity index (χ4v) is 4.73. The van der Waals surface area contributed by atoms with Crippen LogP contribution < -0.4 is 5.32 Å². The number of Topliss-reactive ketones (excluding diaryl/α,β-unsaturated/α-hetero) is 1. The molecule has 1 heterocycles. The van der Waals surface area contributed by atoms with Crippen LogP contribution in [0, 0.1) is 23.7 Å². The van der Waals surface area contributed by atoms with E-state index in [-0.39, 0.29) is 46.3 Å². The third-order valence-corrected chi connectivity index (χ3v) is 6.26. The number of hydrogen-bond donors (Lipinski definition) is 3. The third-order valence-electron chi connectivity index (χ3n) is 6.26. The first-order chi connectivity index (χ1) is 13.8. The predicted octanol–water partition coefficient (Wildman–Crippen LogP) is 4.04. The van der Waals surface area contributed by atoms with Crippen LogP contribution in [-0.2, 0) is 9.59 Å². The molecule has 0 radical (unpaired) electrons. The van der Waals surface area contributed by atoms with Crippen molar-refractivity contribution in [2.75, 3.05) is 0 Å².